The van der Waals surface area contributed by atoms with E-state index in [1.165, 1.54) is 0 Å². The summed E-state index contributed by atoms with van der Waals surface area (Å²) < 4.78 is 0. The summed E-state index contributed by atoms with van der Waals surface area (Å²) in [6.07, 6.45) is 3.87. The van der Waals surface area contributed by atoms with Gasteiger partial charge in [0.15, 0.2) is 0 Å². The molecule has 23 heavy (non-hydrogen) atoms. The number of H-pyrrole nitrogens is 2. The number of rotatable bonds is 3. The van der Waals surface area contributed by atoms with Gasteiger partial charge >= 0.3 is 0 Å². The topological polar surface area (TPSA) is 73.6 Å². The van der Waals surface area contributed by atoms with Crippen molar-refractivity contribution in [2.45, 2.75) is 6.42 Å². The highest BCUT2D eigenvalue weighted by atomic mass is 35.5. The van der Waals surface area contributed by atoms with Gasteiger partial charge in [0.1, 0.15) is 0 Å². The van der Waals surface area contributed by atoms with E-state index >= 15 is 0 Å². The summed E-state index contributed by atoms with van der Waals surface area (Å²) in [6, 6.07) is 11.2. The zero-order valence-electron chi connectivity index (χ0n) is 12.1. The second-order valence-electron chi connectivity index (χ2n) is 5.40. The molecule has 6 heteroatoms. The second kappa shape index (κ2) is 5.44. The average Bonchev–Trinajstić information content (AvgIpc) is 3.14. The number of amides is 1. The largest absolute Gasteiger partial charge is 0.361 e. The van der Waals surface area contributed by atoms with Gasteiger partial charge in [0.2, 0.25) is 5.91 Å². The monoisotopic (exact) mass is 324 g/mol. The van der Waals surface area contributed by atoms with Gasteiger partial charge in [0.05, 0.1) is 18.1 Å². The highest BCUT2D eigenvalue weighted by Gasteiger charge is 2.10. The molecule has 0 aliphatic carbocycles. The Morgan fingerprint density at radius 3 is 3.00 bits per heavy atom. The lowest BCUT2D eigenvalue weighted by Gasteiger charge is -2.05. The Balaban J connectivity index is 1.55. The van der Waals surface area contributed by atoms with E-state index in [0.29, 0.717) is 5.02 Å². The first kappa shape index (κ1) is 13.8. The number of hydrogen-bond donors (Lipinski definition) is 3. The van der Waals surface area contributed by atoms with Crippen LogP contribution in [0.15, 0.2) is 48.8 Å². The van der Waals surface area contributed by atoms with E-state index in [9.17, 15) is 4.79 Å². The molecule has 0 radical (unpaired) electrons. The number of nitrogens with zero attached hydrogens (tertiary/aromatic N) is 1. The van der Waals surface area contributed by atoms with Crippen molar-refractivity contribution in [3.05, 3.63) is 59.4 Å². The maximum absolute atomic E-state index is 12.3. The average molecular weight is 325 g/mol. The van der Waals surface area contributed by atoms with Gasteiger partial charge in [-0.3, -0.25) is 9.89 Å². The highest BCUT2D eigenvalue weighted by molar-refractivity contribution is 6.31. The summed E-state index contributed by atoms with van der Waals surface area (Å²) in [7, 11) is 0. The molecule has 2 heterocycles. The SMILES string of the molecule is O=C(Cc1c[nH]c2ccc(Cl)cc12)Nc1ccc2cn[nH]c2c1. The summed E-state index contributed by atoms with van der Waals surface area (Å²) in [5, 5.41) is 12.4. The standard InChI is InChI=1S/C17H13ClN4O/c18-12-2-4-15-14(6-12)11(8-19-15)5-17(23)21-13-3-1-10-9-20-22-16(10)7-13/h1-4,6-9,19H,5H2,(H,20,22)(H,21,23). The maximum Gasteiger partial charge on any atom is 0.228 e. The number of carbonyl (C=O) groups is 1. The van der Waals surface area contributed by atoms with Crippen LogP contribution in [-0.4, -0.2) is 21.1 Å². The minimum absolute atomic E-state index is 0.0789. The first-order valence-corrected chi connectivity index (χ1v) is 7.55. The Morgan fingerprint density at radius 2 is 2.09 bits per heavy atom. The summed E-state index contributed by atoms with van der Waals surface area (Å²) in [5.41, 5.74) is 3.52. The van der Waals surface area contributed by atoms with Crippen molar-refractivity contribution >= 4 is 45.0 Å². The number of benzene rings is 2. The molecule has 114 valence electrons. The third kappa shape index (κ3) is 2.66. The second-order valence-corrected chi connectivity index (χ2v) is 5.84. The number of nitrogens with one attached hydrogen (secondary N) is 3. The molecule has 0 unspecified atom stereocenters. The smallest absolute Gasteiger partial charge is 0.228 e. The fourth-order valence-corrected chi connectivity index (χ4v) is 2.86. The van der Waals surface area contributed by atoms with Gasteiger partial charge in [-0.15, -0.1) is 0 Å². The molecule has 0 aliphatic heterocycles. The number of anilines is 1. The Labute approximate surface area is 136 Å². The first-order chi connectivity index (χ1) is 11.2. The van der Waals surface area contributed by atoms with Gasteiger partial charge in [-0.25, -0.2) is 0 Å². The van der Waals surface area contributed by atoms with Crippen molar-refractivity contribution in [1.29, 1.82) is 0 Å². The van der Waals surface area contributed by atoms with E-state index < -0.39 is 0 Å². The molecule has 0 atom stereocenters. The number of carbonyl (C=O) groups excluding carboxylic acids is 1. The Morgan fingerprint density at radius 1 is 1.17 bits per heavy atom. The molecule has 4 rings (SSSR count). The van der Waals surface area contributed by atoms with Crippen LogP contribution in [0.5, 0.6) is 0 Å². The number of aromatic amines is 2. The lowest BCUT2D eigenvalue weighted by atomic mass is 10.1. The van der Waals surface area contributed by atoms with Gasteiger partial charge in [0.25, 0.3) is 0 Å². The zero-order valence-corrected chi connectivity index (χ0v) is 12.8. The molecule has 2 aromatic heterocycles. The molecule has 1 amide bonds. The Kier molecular flexibility index (Phi) is 3.28. The fraction of sp³-hybridized carbons (Fsp3) is 0.0588. The van der Waals surface area contributed by atoms with E-state index in [1.807, 2.05) is 42.6 Å². The van der Waals surface area contributed by atoms with Crippen molar-refractivity contribution in [2.24, 2.45) is 0 Å². The predicted octanol–water partition coefficient (Wildman–Crippen LogP) is 3.88. The molecule has 0 spiro atoms. The maximum atomic E-state index is 12.3. The lowest BCUT2D eigenvalue weighted by Crippen LogP contribution is -2.14. The minimum Gasteiger partial charge on any atom is -0.361 e. The molecule has 0 bridgehead atoms. The van der Waals surface area contributed by atoms with E-state index in [2.05, 4.69) is 20.5 Å². The van der Waals surface area contributed by atoms with Crippen LogP contribution >= 0.6 is 11.6 Å². The molecule has 0 aliphatic rings. The van der Waals surface area contributed by atoms with Gasteiger partial charge in [0, 0.05) is 33.2 Å². The van der Waals surface area contributed by atoms with E-state index in [4.69, 9.17) is 11.6 Å². The van der Waals surface area contributed by atoms with Crippen LogP contribution in [0.25, 0.3) is 21.8 Å². The predicted molar refractivity (Wildman–Crippen MR) is 91.7 cm³/mol. The lowest BCUT2D eigenvalue weighted by molar-refractivity contribution is -0.115. The van der Waals surface area contributed by atoms with Crippen molar-refractivity contribution in [2.75, 3.05) is 5.32 Å². The van der Waals surface area contributed by atoms with Crippen LogP contribution in [0.2, 0.25) is 5.02 Å². The van der Waals surface area contributed by atoms with E-state index in [1.54, 1.807) is 6.20 Å². The van der Waals surface area contributed by atoms with Crippen molar-refractivity contribution < 1.29 is 4.79 Å². The quantitative estimate of drug-likeness (QED) is 0.535. The van der Waals surface area contributed by atoms with Crippen molar-refractivity contribution in [1.82, 2.24) is 15.2 Å². The van der Waals surface area contributed by atoms with Gasteiger partial charge in [-0.1, -0.05) is 11.6 Å². The summed E-state index contributed by atoms with van der Waals surface area (Å²) in [4.78, 5) is 15.5. The molecule has 2 aromatic carbocycles. The van der Waals surface area contributed by atoms with Crippen LogP contribution in [0, 0.1) is 0 Å². The summed E-state index contributed by atoms with van der Waals surface area (Å²) in [6.45, 7) is 0. The molecule has 0 saturated carbocycles. The van der Waals surface area contributed by atoms with Gasteiger partial charge in [-0.2, -0.15) is 5.10 Å². The first-order valence-electron chi connectivity index (χ1n) is 7.17. The van der Waals surface area contributed by atoms with Gasteiger partial charge < -0.3 is 10.3 Å². The zero-order chi connectivity index (χ0) is 15.8. The number of fused-ring (bicyclic) bond motifs is 2. The van der Waals surface area contributed by atoms with E-state index in [-0.39, 0.29) is 12.3 Å². The number of hydrogen-bond acceptors (Lipinski definition) is 2. The molecule has 5 nitrogen and oxygen atoms in total. The number of halogens is 1. The summed E-state index contributed by atoms with van der Waals surface area (Å²) >= 11 is 6.03. The molecule has 0 saturated heterocycles. The third-order valence-corrected chi connectivity index (χ3v) is 4.04. The van der Waals surface area contributed by atoms with Crippen LogP contribution in [0.4, 0.5) is 5.69 Å². The van der Waals surface area contributed by atoms with Crippen LogP contribution in [-0.2, 0) is 11.2 Å². The Hall–Kier alpha value is -2.79. The van der Waals surface area contributed by atoms with Crippen LogP contribution in [0.3, 0.4) is 0 Å². The summed E-state index contributed by atoms with van der Waals surface area (Å²) in [5.74, 6) is -0.0789. The molecule has 0 fully saturated rings. The highest BCUT2D eigenvalue weighted by Crippen LogP contribution is 2.23. The van der Waals surface area contributed by atoms with E-state index in [0.717, 1.165) is 33.1 Å². The Bertz CT molecular complexity index is 1020. The molecule has 3 N–H and O–H groups in total. The van der Waals surface area contributed by atoms with Crippen molar-refractivity contribution in [3.8, 4) is 0 Å². The number of aromatic nitrogens is 3. The molecule has 4 aromatic rings. The van der Waals surface area contributed by atoms with Gasteiger partial charge in [-0.05, 0) is 42.0 Å². The minimum atomic E-state index is -0.0789. The normalized spacial score (nSPS) is 11.2. The molecular formula is C17H13ClN4O. The van der Waals surface area contributed by atoms with Crippen LogP contribution < -0.4 is 5.32 Å². The third-order valence-electron chi connectivity index (χ3n) is 3.81. The fourth-order valence-electron chi connectivity index (χ4n) is 2.69. The van der Waals surface area contributed by atoms with Crippen molar-refractivity contribution in [3.63, 3.8) is 0 Å². The molecular weight excluding hydrogens is 312 g/mol. The van der Waals surface area contributed by atoms with Crippen LogP contribution in [0.1, 0.15) is 5.56 Å².